The molecule has 0 aliphatic rings. The fourth-order valence-electron chi connectivity index (χ4n) is 3.25. The van der Waals surface area contributed by atoms with E-state index in [1.165, 1.54) is 13.1 Å². The van der Waals surface area contributed by atoms with Crippen molar-refractivity contribution < 1.29 is 22.7 Å². The highest BCUT2D eigenvalue weighted by atomic mass is 19.4. The minimum atomic E-state index is -4.64. The van der Waals surface area contributed by atoms with E-state index < -0.39 is 17.6 Å². The summed E-state index contributed by atoms with van der Waals surface area (Å²) in [6.07, 6.45) is -4.64. The summed E-state index contributed by atoms with van der Waals surface area (Å²) in [7, 11) is 5.24. The van der Waals surface area contributed by atoms with Gasteiger partial charge < -0.3 is 20.4 Å². The van der Waals surface area contributed by atoms with E-state index in [1.54, 1.807) is 0 Å². The molecule has 0 radical (unpaired) electrons. The number of aromatic amines is 1. The molecule has 1 aromatic heterocycles. The predicted molar refractivity (Wildman–Crippen MR) is 116 cm³/mol. The van der Waals surface area contributed by atoms with Gasteiger partial charge in [0.1, 0.15) is 18.1 Å². The van der Waals surface area contributed by atoms with E-state index in [2.05, 4.69) is 15.3 Å². The monoisotopic (exact) mass is 447 g/mol. The van der Waals surface area contributed by atoms with Crippen molar-refractivity contribution in [2.45, 2.75) is 19.3 Å². The van der Waals surface area contributed by atoms with Gasteiger partial charge in [0.05, 0.1) is 11.1 Å². The number of nitrogens with one attached hydrogen (secondary N) is 2. The maximum atomic E-state index is 13.7. The number of H-pyrrole nitrogens is 1. The second kappa shape index (κ2) is 9.31. The molecule has 1 heterocycles. The zero-order valence-electron chi connectivity index (χ0n) is 17.9. The van der Waals surface area contributed by atoms with Gasteiger partial charge in [0, 0.05) is 25.0 Å². The quantitative estimate of drug-likeness (QED) is 0.398. The van der Waals surface area contributed by atoms with Gasteiger partial charge in [0.25, 0.3) is 5.91 Å². The lowest BCUT2D eigenvalue weighted by molar-refractivity contribution is -0.136. The molecule has 2 aromatic carbocycles. The average Bonchev–Trinajstić information content (AvgIpc) is 3.15. The number of hydrogen-bond donors (Lipinski definition) is 3. The first-order valence-electron chi connectivity index (χ1n) is 9.70. The standard InChI is InChI=1S/C22H24F3N5O2/c1-27-21(26)29-20(31)19-10-16-17(22(23,24)25)8-15(9-18(16)28-19)32-12-14-7-5-4-6-13(14)11-30(2)3/h4-10,28H,11-12H2,1-3H3,(H3,26,27,29,31). The highest BCUT2D eigenvalue weighted by Crippen LogP contribution is 2.38. The molecule has 0 atom stereocenters. The summed E-state index contributed by atoms with van der Waals surface area (Å²) in [6, 6.07) is 11.1. The van der Waals surface area contributed by atoms with Crippen molar-refractivity contribution in [1.82, 2.24) is 15.2 Å². The van der Waals surface area contributed by atoms with Crippen molar-refractivity contribution in [2.75, 3.05) is 21.1 Å². The number of alkyl halides is 3. The second-order valence-corrected chi connectivity index (χ2v) is 7.47. The Balaban J connectivity index is 1.94. The number of amides is 1. The van der Waals surface area contributed by atoms with Gasteiger partial charge in [-0.15, -0.1) is 0 Å². The fourth-order valence-corrected chi connectivity index (χ4v) is 3.25. The molecular weight excluding hydrogens is 423 g/mol. The molecule has 0 bridgehead atoms. The molecule has 7 nitrogen and oxygen atoms in total. The van der Waals surface area contributed by atoms with Crippen LogP contribution in [0.15, 0.2) is 47.5 Å². The smallest absolute Gasteiger partial charge is 0.417 e. The van der Waals surface area contributed by atoms with E-state index >= 15 is 0 Å². The zero-order chi connectivity index (χ0) is 23.5. The number of rotatable bonds is 6. The molecule has 3 rings (SSSR count). The van der Waals surface area contributed by atoms with Crippen LogP contribution < -0.4 is 15.8 Å². The highest BCUT2D eigenvalue weighted by molar-refractivity contribution is 6.06. The Morgan fingerprint density at radius 1 is 1.19 bits per heavy atom. The van der Waals surface area contributed by atoms with Gasteiger partial charge in [0.15, 0.2) is 5.96 Å². The van der Waals surface area contributed by atoms with Crippen LogP contribution in [0.2, 0.25) is 0 Å². The van der Waals surface area contributed by atoms with E-state index in [-0.39, 0.29) is 34.9 Å². The Morgan fingerprint density at radius 3 is 2.50 bits per heavy atom. The lowest BCUT2D eigenvalue weighted by atomic mass is 10.1. The van der Waals surface area contributed by atoms with Crippen LogP contribution in [0.4, 0.5) is 13.2 Å². The molecule has 32 heavy (non-hydrogen) atoms. The predicted octanol–water partition coefficient (Wildman–Crippen LogP) is 3.50. The summed E-state index contributed by atoms with van der Waals surface area (Å²) < 4.78 is 46.9. The zero-order valence-corrected chi connectivity index (χ0v) is 17.9. The Labute approximate surface area is 183 Å². The number of halogens is 3. The summed E-state index contributed by atoms with van der Waals surface area (Å²) >= 11 is 0. The van der Waals surface area contributed by atoms with Gasteiger partial charge in [-0.1, -0.05) is 24.3 Å². The summed E-state index contributed by atoms with van der Waals surface area (Å²) in [5.74, 6) is -0.810. The minimum absolute atomic E-state index is 0.0351. The number of aromatic nitrogens is 1. The van der Waals surface area contributed by atoms with Crippen molar-refractivity contribution in [2.24, 2.45) is 10.7 Å². The van der Waals surface area contributed by atoms with Crippen LogP contribution in [-0.2, 0) is 19.3 Å². The third-order valence-electron chi connectivity index (χ3n) is 4.74. The van der Waals surface area contributed by atoms with Gasteiger partial charge in [0.2, 0.25) is 0 Å². The number of guanidine groups is 1. The van der Waals surface area contributed by atoms with E-state index in [9.17, 15) is 18.0 Å². The number of fused-ring (bicyclic) bond motifs is 1. The molecule has 0 spiro atoms. The molecule has 4 N–H and O–H groups in total. The molecule has 3 aromatic rings. The van der Waals surface area contributed by atoms with E-state index in [0.717, 1.165) is 23.3 Å². The molecule has 10 heteroatoms. The number of ether oxygens (including phenoxy) is 1. The highest BCUT2D eigenvalue weighted by Gasteiger charge is 2.34. The van der Waals surface area contributed by atoms with Crippen molar-refractivity contribution in [3.8, 4) is 5.75 Å². The number of nitrogens with zero attached hydrogens (tertiary/aromatic N) is 2. The molecule has 0 unspecified atom stereocenters. The topological polar surface area (TPSA) is 95.7 Å². The average molecular weight is 447 g/mol. The first-order chi connectivity index (χ1) is 15.1. The van der Waals surface area contributed by atoms with Gasteiger partial charge in [-0.3, -0.25) is 15.1 Å². The van der Waals surface area contributed by atoms with Crippen LogP contribution in [0.3, 0.4) is 0 Å². The largest absolute Gasteiger partial charge is 0.489 e. The molecule has 1 amide bonds. The van der Waals surface area contributed by atoms with E-state index in [4.69, 9.17) is 10.5 Å². The normalized spacial score (nSPS) is 12.4. The Hall–Kier alpha value is -3.53. The lowest BCUT2D eigenvalue weighted by Crippen LogP contribution is -2.36. The third-order valence-corrected chi connectivity index (χ3v) is 4.74. The molecule has 0 saturated carbocycles. The van der Waals surface area contributed by atoms with Crippen LogP contribution in [0.25, 0.3) is 10.9 Å². The summed E-state index contributed by atoms with van der Waals surface area (Å²) in [6.45, 7) is 0.774. The van der Waals surface area contributed by atoms with Gasteiger partial charge in [-0.2, -0.15) is 13.2 Å². The Kier molecular flexibility index (Phi) is 6.73. The molecule has 170 valence electrons. The lowest BCUT2D eigenvalue weighted by Gasteiger charge is -2.16. The minimum Gasteiger partial charge on any atom is -0.489 e. The van der Waals surface area contributed by atoms with Crippen LogP contribution >= 0.6 is 0 Å². The van der Waals surface area contributed by atoms with Gasteiger partial charge in [-0.25, -0.2) is 0 Å². The fraction of sp³-hybridized carbons (Fsp3) is 0.273. The van der Waals surface area contributed by atoms with Crippen molar-refractivity contribution in [1.29, 1.82) is 0 Å². The van der Waals surface area contributed by atoms with Crippen LogP contribution in [-0.4, -0.2) is 42.9 Å². The number of benzene rings is 2. The number of nitrogens with two attached hydrogens (primary N) is 1. The molecule has 0 fully saturated rings. The number of carbonyl (C=O) groups is 1. The van der Waals surface area contributed by atoms with Crippen LogP contribution in [0.5, 0.6) is 5.75 Å². The maximum Gasteiger partial charge on any atom is 0.417 e. The Morgan fingerprint density at radius 2 is 1.88 bits per heavy atom. The van der Waals surface area contributed by atoms with Crippen molar-refractivity contribution >= 4 is 22.8 Å². The number of aliphatic imine (C=N–C) groups is 1. The summed E-state index contributed by atoms with van der Waals surface area (Å²) in [4.78, 5) is 20.5. The summed E-state index contributed by atoms with van der Waals surface area (Å²) in [5.41, 5.74) is 6.49. The maximum absolute atomic E-state index is 13.7. The molecule has 0 saturated heterocycles. The first kappa shape index (κ1) is 23.1. The van der Waals surface area contributed by atoms with Gasteiger partial charge in [-0.05, 0) is 37.4 Å². The SMILES string of the molecule is CN=C(N)NC(=O)c1cc2c(C(F)(F)F)cc(OCc3ccccc3CN(C)C)cc2[nH]1. The number of carbonyl (C=O) groups excluding carboxylic acids is 1. The Bertz CT molecular complexity index is 1150. The third kappa shape index (κ3) is 5.38. The van der Waals surface area contributed by atoms with Crippen molar-refractivity contribution in [3.05, 3.63) is 64.8 Å². The summed E-state index contributed by atoms with van der Waals surface area (Å²) in [5, 5.41) is 2.15. The molecule has 0 aliphatic heterocycles. The van der Waals surface area contributed by atoms with E-state index in [1.807, 2.05) is 43.3 Å². The van der Waals surface area contributed by atoms with Crippen LogP contribution in [0.1, 0.15) is 27.2 Å². The molecule has 0 aliphatic carbocycles. The first-order valence-corrected chi connectivity index (χ1v) is 9.70. The second-order valence-electron chi connectivity index (χ2n) is 7.47. The molecular formula is C22H24F3N5O2. The van der Waals surface area contributed by atoms with E-state index in [0.29, 0.717) is 6.54 Å². The van der Waals surface area contributed by atoms with Crippen LogP contribution in [0, 0.1) is 0 Å². The van der Waals surface area contributed by atoms with Gasteiger partial charge >= 0.3 is 6.18 Å². The number of hydrogen-bond acceptors (Lipinski definition) is 4. The van der Waals surface area contributed by atoms with Crippen molar-refractivity contribution in [3.63, 3.8) is 0 Å².